The Morgan fingerprint density at radius 2 is 2.25 bits per heavy atom. The lowest BCUT2D eigenvalue weighted by atomic mass is 9.74. The number of rotatable bonds is 3. The molecule has 1 heterocycles. The van der Waals surface area contributed by atoms with E-state index < -0.39 is 0 Å². The minimum Gasteiger partial charge on any atom is -0.349 e. The maximum absolute atomic E-state index is 12.2. The van der Waals surface area contributed by atoms with Gasteiger partial charge in [0.2, 0.25) is 5.91 Å². The van der Waals surface area contributed by atoms with Crippen LogP contribution in [0.1, 0.15) is 38.4 Å². The Labute approximate surface area is 132 Å². The van der Waals surface area contributed by atoms with E-state index in [2.05, 4.69) is 10.3 Å². The van der Waals surface area contributed by atoms with Crippen LogP contribution < -0.4 is 11.1 Å². The smallest absolute Gasteiger partial charge is 0.225 e. The zero-order valence-electron chi connectivity index (χ0n) is 12.0. The van der Waals surface area contributed by atoms with Crippen LogP contribution in [0.4, 0.5) is 0 Å². The molecule has 0 aromatic carbocycles. The monoisotopic (exact) mass is 322 g/mol. The Morgan fingerprint density at radius 1 is 1.55 bits per heavy atom. The number of amides is 1. The maximum Gasteiger partial charge on any atom is 0.225 e. The fourth-order valence-corrected chi connectivity index (χ4v) is 2.65. The molecular weight excluding hydrogens is 299 g/mol. The first kappa shape index (κ1) is 19.2. The molecular formula is C13H24Cl2N4O. The van der Waals surface area contributed by atoms with E-state index in [1.807, 2.05) is 24.7 Å². The zero-order valence-corrected chi connectivity index (χ0v) is 13.6. The van der Waals surface area contributed by atoms with Gasteiger partial charge in [-0.2, -0.15) is 0 Å². The van der Waals surface area contributed by atoms with E-state index in [0.717, 1.165) is 31.5 Å². The molecule has 0 spiro atoms. The fourth-order valence-electron chi connectivity index (χ4n) is 2.65. The number of nitrogens with two attached hydrogens (primary N) is 1. The predicted molar refractivity (Wildman–Crippen MR) is 84.1 cm³/mol. The van der Waals surface area contributed by atoms with Crippen molar-refractivity contribution in [1.82, 2.24) is 14.9 Å². The van der Waals surface area contributed by atoms with E-state index in [0.29, 0.717) is 6.54 Å². The lowest BCUT2D eigenvalue weighted by Gasteiger charge is -2.37. The van der Waals surface area contributed by atoms with E-state index in [4.69, 9.17) is 5.73 Å². The van der Waals surface area contributed by atoms with Crippen LogP contribution in [-0.2, 0) is 18.4 Å². The molecule has 3 N–H and O–H groups in total. The Morgan fingerprint density at radius 3 is 2.80 bits per heavy atom. The summed E-state index contributed by atoms with van der Waals surface area (Å²) in [5.41, 5.74) is 5.85. The summed E-state index contributed by atoms with van der Waals surface area (Å²) in [6.45, 7) is 2.45. The van der Waals surface area contributed by atoms with Crippen molar-refractivity contribution in [2.45, 2.75) is 44.7 Å². The molecule has 5 nitrogen and oxygen atoms in total. The molecule has 2 unspecified atom stereocenters. The van der Waals surface area contributed by atoms with Crippen LogP contribution in [-0.4, -0.2) is 21.0 Å². The molecule has 0 aliphatic heterocycles. The van der Waals surface area contributed by atoms with Gasteiger partial charge in [-0.25, -0.2) is 4.98 Å². The standard InChI is InChI=1S/C13H22N4O.2ClH/c1-13(14)6-4-3-5-10(13)12(18)16-9-11-15-7-8-17(11)2;;/h7-8,10H,3-6,9,14H2,1-2H3,(H,16,18);2*1H. The summed E-state index contributed by atoms with van der Waals surface area (Å²) in [6, 6.07) is 0. The summed E-state index contributed by atoms with van der Waals surface area (Å²) in [7, 11) is 1.92. The molecule has 1 amide bonds. The molecule has 1 aliphatic carbocycles. The normalized spacial score (nSPS) is 25.2. The highest BCUT2D eigenvalue weighted by Crippen LogP contribution is 2.31. The molecule has 0 bridgehead atoms. The van der Waals surface area contributed by atoms with Crippen LogP contribution in [0.2, 0.25) is 0 Å². The zero-order chi connectivity index (χ0) is 13.2. The fraction of sp³-hybridized carbons (Fsp3) is 0.692. The number of nitrogens with one attached hydrogen (secondary N) is 1. The largest absolute Gasteiger partial charge is 0.349 e. The van der Waals surface area contributed by atoms with Crippen molar-refractivity contribution in [2.24, 2.45) is 18.7 Å². The predicted octanol–water partition coefficient (Wildman–Crippen LogP) is 1.79. The van der Waals surface area contributed by atoms with Crippen molar-refractivity contribution in [3.05, 3.63) is 18.2 Å². The number of aromatic nitrogens is 2. The first-order valence-electron chi connectivity index (χ1n) is 6.53. The minimum absolute atomic E-state index is 0. The number of hydrogen-bond acceptors (Lipinski definition) is 3. The Kier molecular flexibility index (Phi) is 7.55. The molecule has 0 saturated heterocycles. The van der Waals surface area contributed by atoms with Gasteiger partial charge in [-0.1, -0.05) is 12.8 Å². The number of nitrogens with zero attached hydrogens (tertiary/aromatic N) is 2. The summed E-state index contributed by atoms with van der Waals surface area (Å²) >= 11 is 0. The summed E-state index contributed by atoms with van der Waals surface area (Å²) < 4.78 is 1.91. The first-order chi connectivity index (χ1) is 8.50. The summed E-state index contributed by atoms with van der Waals surface area (Å²) in [5.74, 6) is 0.840. The Balaban J connectivity index is 0.00000180. The van der Waals surface area contributed by atoms with Crippen molar-refractivity contribution >= 4 is 30.7 Å². The third kappa shape index (κ3) is 4.36. The molecule has 1 saturated carbocycles. The van der Waals surface area contributed by atoms with Gasteiger partial charge in [0.15, 0.2) is 0 Å². The molecule has 20 heavy (non-hydrogen) atoms. The molecule has 2 atom stereocenters. The number of imidazole rings is 1. The average molecular weight is 323 g/mol. The van der Waals surface area contributed by atoms with Gasteiger partial charge in [-0.3, -0.25) is 4.79 Å². The number of halogens is 2. The molecule has 1 aliphatic rings. The van der Waals surface area contributed by atoms with Gasteiger partial charge in [0, 0.05) is 25.0 Å². The van der Waals surface area contributed by atoms with Gasteiger partial charge in [0.05, 0.1) is 12.5 Å². The van der Waals surface area contributed by atoms with Crippen molar-refractivity contribution in [3.8, 4) is 0 Å². The second-order valence-electron chi connectivity index (χ2n) is 5.48. The number of hydrogen-bond donors (Lipinski definition) is 2. The van der Waals surface area contributed by atoms with Crippen molar-refractivity contribution in [2.75, 3.05) is 0 Å². The highest BCUT2D eigenvalue weighted by molar-refractivity contribution is 5.85. The van der Waals surface area contributed by atoms with E-state index in [9.17, 15) is 4.79 Å². The van der Waals surface area contributed by atoms with Crippen LogP contribution in [0.5, 0.6) is 0 Å². The van der Waals surface area contributed by atoms with E-state index in [1.54, 1.807) is 6.20 Å². The van der Waals surface area contributed by atoms with Gasteiger partial charge in [0.1, 0.15) is 5.82 Å². The number of carbonyl (C=O) groups excluding carboxylic acids is 1. The van der Waals surface area contributed by atoms with Gasteiger partial charge in [-0.05, 0) is 19.8 Å². The Bertz CT molecular complexity index is 434. The molecule has 2 rings (SSSR count). The van der Waals surface area contributed by atoms with Crippen LogP contribution >= 0.6 is 24.8 Å². The minimum atomic E-state index is -0.371. The summed E-state index contributed by atoms with van der Waals surface area (Å²) in [4.78, 5) is 16.4. The topological polar surface area (TPSA) is 72.9 Å². The molecule has 1 aromatic heterocycles. The van der Waals surface area contributed by atoms with Gasteiger partial charge < -0.3 is 15.6 Å². The second-order valence-corrected chi connectivity index (χ2v) is 5.48. The van der Waals surface area contributed by atoms with Gasteiger partial charge in [0.25, 0.3) is 0 Å². The quantitative estimate of drug-likeness (QED) is 0.891. The first-order valence-corrected chi connectivity index (χ1v) is 6.53. The van der Waals surface area contributed by atoms with Gasteiger partial charge in [-0.15, -0.1) is 24.8 Å². The maximum atomic E-state index is 12.2. The SMILES string of the molecule is Cl.Cl.Cn1ccnc1CNC(=O)C1CCCCC1(C)N. The molecule has 116 valence electrons. The number of carbonyl (C=O) groups is 1. The summed E-state index contributed by atoms with van der Waals surface area (Å²) in [6.07, 6.45) is 7.63. The lowest BCUT2D eigenvalue weighted by molar-refractivity contribution is -0.128. The third-order valence-electron chi connectivity index (χ3n) is 3.91. The molecule has 0 radical (unpaired) electrons. The highest BCUT2D eigenvalue weighted by atomic mass is 35.5. The second kappa shape index (κ2) is 7.86. The van der Waals surface area contributed by atoms with E-state index in [1.165, 1.54) is 0 Å². The van der Waals surface area contributed by atoms with Crippen molar-refractivity contribution in [3.63, 3.8) is 0 Å². The van der Waals surface area contributed by atoms with Crippen molar-refractivity contribution in [1.29, 1.82) is 0 Å². The average Bonchev–Trinajstić information content (AvgIpc) is 2.71. The van der Waals surface area contributed by atoms with E-state index >= 15 is 0 Å². The van der Waals surface area contributed by atoms with Crippen LogP contribution in [0.25, 0.3) is 0 Å². The van der Waals surface area contributed by atoms with Crippen LogP contribution in [0.15, 0.2) is 12.4 Å². The Hall–Kier alpha value is -0.780. The molecule has 1 aromatic rings. The van der Waals surface area contributed by atoms with E-state index in [-0.39, 0.29) is 42.2 Å². The summed E-state index contributed by atoms with van der Waals surface area (Å²) in [5, 5.41) is 2.95. The van der Waals surface area contributed by atoms with Crippen LogP contribution in [0.3, 0.4) is 0 Å². The lowest BCUT2D eigenvalue weighted by Crippen LogP contribution is -2.52. The molecule has 7 heteroatoms. The highest BCUT2D eigenvalue weighted by Gasteiger charge is 2.37. The third-order valence-corrected chi connectivity index (χ3v) is 3.91. The number of aryl methyl sites for hydroxylation is 1. The van der Waals surface area contributed by atoms with Gasteiger partial charge >= 0.3 is 0 Å². The van der Waals surface area contributed by atoms with Crippen LogP contribution in [0, 0.1) is 5.92 Å². The molecule has 1 fully saturated rings. The van der Waals surface area contributed by atoms with Crippen molar-refractivity contribution < 1.29 is 4.79 Å².